The third kappa shape index (κ3) is 2.91. The van der Waals surface area contributed by atoms with E-state index in [4.69, 9.17) is 0 Å². The van der Waals surface area contributed by atoms with Crippen LogP contribution in [0.2, 0.25) is 0 Å². The summed E-state index contributed by atoms with van der Waals surface area (Å²) in [6, 6.07) is 9.41. The maximum absolute atomic E-state index is 11.9. The molecule has 0 aliphatic rings. The van der Waals surface area contributed by atoms with Crippen LogP contribution in [0.5, 0.6) is 0 Å². The molecule has 1 N–H and O–H groups in total. The minimum Gasteiger partial charge on any atom is -0.352 e. The Kier molecular flexibility index (Phi) is 3.64. The van der Waals surface area contributed by atoms with Crippen LogP contribution in [0.3, 0.4) is 0 Å². The Morgan fingerprint density at radius 3 is 2.81 bits per heavy atom. The largest absolute Gasteiger partial charge is 0.352 e. The van der Waals surface area contributed by atoms with E-state index < -0.39 is 0 Å². The zero-order valence-corrected chi connectivity index (χ0v) is 11.8. The number of carbonyl (C=O) groups is 1. The van der Waals surface area contributed by atoms with E-state index >= 15 is 0 Å². The second-order valence-corrected chi connectivity index (χ2v) is 4.87. The van der Waals surface area contributed by atoms with Crippen LogP contribution in [0.1, 0.15) is 21.7 Å². The zero-order valence-electron chi connectivity index (χ0n) is 11.8. The predicted molar refractivity (Wildman–Crippen MR) is 80.2 cm³/mol. The van der Waals surface area contributed by atoms with Gasteiger partial charge in [-0.15, -0.1) is 0 Å². The minimum atomic E-state index is -0.0858. The van der Waals surface area contributed by atoms with Crippen molar-refractivity contribution in [3.63, 3.8) is 0 Å². The first kappa shape index (κ1) is 13.3. The molecule has 5 heteroatoms. The highest BCUT2D eigenvalue weighted by molar-refractivity contribution is 5.93. The summed E-state index contributed by atoms with van der Waals surface area (Å²) in [5.41, 5.74) is 3.67. The highest BCUT2D eigenvalue weighted by atomic mass is 16.1. The van der Waals surface area contributed by atoms with E-state index in [1.807, 2.05) is 31.3 Å². The van der Waals surface area contributed by atoms with Crippen molar-refractivity contribution in [2.45, 2.75) is 13.3 Å². The second-order valence-electron chi connectivity index (χ2n) is 4.87. The van der Waals surface area contributed by atoms with E-state index in [0.717, 1.165) is 17.0 Å². The highest BCUT2D eigenvalue weighted by Gasteiger charge is 2.06. The normalized spacial score (nSPS) is 10.7. The predicted octanol–water partition coefficient (Wildman–Crippen LogP) is 2.01. The minimum absolute atomic E-state index is 0.0858. The Balaban J connectivity index is 1.62. The number of aryl methyl sites for hydroxylation is 1. The summed E-state index contributed by atoms with van der Waals surface area (Å²) in [5, 5.41) is 2.89. The third-order valence-corrected chi connectivity index (χ3v) is 3.36. The molecule has 3 rings (SSSR count). The molecule has 3 aromatic heterocycles. The first-order valence-electron chi connectivity index (χ1n) is 6.86. The fourth-order valence-electron chi connectivity index (χ4n) is 2.23. The van der Waals surface area contributed by atoms with Crippen molar-refractivity contribution in [2.75, 3.05) is 6.54 Å². The number of carbonyl (C=O) groups excluding carboxylic acids is 1. The number of imidazole rings is 1. The van der Waals surface area contributed by atoms with E-state index in [9.17, 15) is 4.79 Å². The lowest BCUT2D eigenvalue weighted by atomic mass is 10.2. The van der Waals surface area contributed by atoms with Crippen LogP contribution in [0.4, 0.5) is 0 Å². The quantitative estimate of drug-likeness (QED) is 0.795. The Bertz CT molecular complexity index is 764. The van der Waals surface area contributed by atoms with Crippen molar-refractivity contribution in [1.82, 2.24) is 19.7 Å². The van der Waals surface area contributed by atoms with Gasteiger partial charge in [-0.3, -0.25) is 9.78 Å². The van der Waals surface area contributed by atoms with Crippen molar-refractivity contribution in [3.8, 4) is 0 Å². The lowest BCUT2D eigenvalue weighted by Crippen LogP contribution is -2.25. The average molecular weight is 280 g/mol. The van der Waals surface area contributed by atoms with Gasteiger partial charge in [0.1, 0.15) is 5.65 Å². The lowest BCUT2D eigenvalue weighted by molar-refractivity contribution is 0.0954. The monoisotopic (exact) mass is 280 g/mol. The van der Waals surface area contributed by atoms with Crippen molar-refractivity contribution in [3.05, 3.63) is 65.9 Å². The highest BCUT2D eigenvalue weighted by Crippen LogP contribution is 2.08. The number of nitrogens with zero attached hydrogens (tertiary/aromatic N) is 3. The number of pyridine rings is 2. The van der Waals surface area contributed by atoms with Crippen LogP contribution in [0, 0.1) is 6.92 Å². The van der Waals surface area contributed by atoms with E-state index in [-0.39, 0.29) is 5.91 Å². The molecule has 106 valence electrons. The molecule has 0 radical (unpaired) electrons. The number of amides is 1. The maximum Gasteiger partial charge on any atom is 0.251 e. The van der Waals surface area contributed by atoms with Crippen LogP contribution in [-0.4, -0.2) is 26.8 Å². The van der Waals surface area contributed by atoms with Gasteiger partial charge in [-0.1, -0.05) is 6.07 Å². The molecular formula is C16H16N4O. The lowest BCUT2D eigenvalue weighted by Gasteiger charge is -2.03. The van der Waals surface area contributed by atoms with Gasteiger partial charge in [-0.05, 0) is 31.2 Å². The number of hydrogen-bond acceptors (Lipinski definition) is 3. The van der Waals surface area contributed by atoms with E-state index in [1.54, 1.807) is 24.5 Å². The second kappa shape index (κ2) is 5.75. The molecule has 3 heterocycles. The topological polar surface area (TPSA) is 59.3 Å². The molecule has 1 amide bonds. The summed E-state index contributed by atoms with van der Waals surface area (Å²) >= 11 is 0. The number of rotatable bonds is 4. The molecule has 0 aliphatic heterocycles. The standard InChI is InChI=1S/C16H16N4O/c1-12-3-2-4-15-19-14(11-20(12)15)7-10-18-16(21)13-5-8-17-9-6-13/h2-6,8-9,11H,7,10H2,1H3,(H,18,21). The van der Waals surface area contributed by atoms with E-state index in [1.165, 1.54) is 0 Å². The average Bonchev–Trinajstić information content (AvgIpc) is 2.92. The van der Waals surface area contributed by atoms with E-state index in [0.29, 0.717) is 18.5 Å². The van der Waals surface area contributed by atoms with Crippen LogP contribution < -0.4 is 5.32 Å². The molecule has 0 aliphatic carbocycles. The molecule has 0 unspecified atom stereocenters. The van der Waals surface area contributed by atoms with Gasteiger partial charge in [0.15, 0.2) is 0 Å². The molecule has 0 atom stereocenters. The fraction of sp³-hybridized carbons (Fsp3) is 0.188. The Labute approximate surface area is 122 Å². The van der Waals surface area contributed by atoms with E-state index in [2.05, 4.69) is 19.7 Å². The van der Waals surface area contributed by atoms with Gasteiger partial charge in [0.25, 0.3) is 5.91 Å². The zero-order chi connectivity index (χ0) is 14.7. The molecule has 0 bridgehead atoms. The van der Waals surface area contributed by atoms with Crippen LogP contribution in [0.25, 0.3) is 5.65 Å². The molecule has 0 fully saturated rings. The van der Waals surface area contributed by atoms with Crippen molar-refractivity contribution in [2.24, 2.45) is 0 Å². The van der Waals surface area contributed by atoms with Gasteiger partial charge in [0.05, 0.1) is 5.69 Å². The fourth-order valence-corrected chi connectivity index (χ4v) is 2.23. The van der Waals surface area contributed by atoms with Gasteiger partial charge in [0.2, 0.25) is 0 Å². The van der Waals surface area contributed by atoms with Crippen LogP contribution in [0.15, 0.2) is 48.9 Å². The summed E-state index contributed by atoms with van der Waals surface area (Å²) in [6.07, 6.45) is 5.95. The first-order valence-corrected chi connectivity index (χ1v) is 6.86. The van der Waals surface area contributed by atoms with Crippen molar-refractivity contribution >= 4 is 11.6 Å². The summed E-state index contributed by atoms with van der Waals surface area (Å²) in [4.78, 5) is 20.3. The number of fused-ring (bicyclic) bond motifs is 1. The van der Waals surface area contributed by atoms with Gasteiger partial charge >= 0.3 is 0 Å². The van der Waals surface area contributed by atoms with Crippen LogP contribution >= 0.6 is 0 Å². The molecule has 5 nitrogen and oxygen atoms in total. The number of aromatic nitrogens is 3. The molecule has 0 aromatic carbocycles. The molecule has 21 heavy (non-hydrogen) atoms. The van der Waals surface area contributed by atoms with Crippen LogP contribution in [-0.2, 0) is 6.42 Å². The van der Waals surface area contributed by atoms with Crippen molar-refractivity contribution < 1.29 is 4.79 Å². The number of hydrogen-bond donors (Lipinski definition) is 1. The molecule has 0 spiro atoms. The summed E-state index contributed by atoms with van der Waals surface area (Å²) in [5.74, 6) is -0.0858. The Morgan fingerprint density at radius 2 is 2.05 bits per heavy atom. The summed E-state index contributed by atoms with van der Waals surface area (Å²) in [7, 11) is 0. The Morgan fingerprint density at radius 1 is 1.24 bits per heavy atom. The summed E-state index contributed by atoms with van der Waals surface area (Å²) in [6.45, 7) is 2.60. The smallest absolute Gasteiger partial charge is 0.251 e. The Hall–Kier alpha value is -2.69. The van der Waals surface area contributed by atoms with Crippen molar-refractivity contribution in [1.29, 1.82) is 0 Å². The first-order chi connectivity index (χ1) is 10.2. The molecular weight excluding hydrogens is 264 g/mol. The SMILES string of the molecule is Cc1cccc2nc(CCNC(=O)c3ccncc3)cn12. The molecule has 3 aromatic rings. The van der Waals surface area contributed by atoms with Gasteiger partial charge in [-0.25, -0.2) is 4.98 Å². The number of nitrogens with one attached hydrogen (secondary N) is 1. The maximum atomic E-state index is 11.9. The van der Waals surface area contributed by atoms with Gasteiger partial charge in [-0.2, -0.15) is 0 Å². The van der Waals surface area contributed by atoms with Gasteiger partial charge in [0, 0.05) is 42.8 Å². The third-order valence-electron chi connectivity index (χ3n) is 3.36. The molecule has 0 saturated heterocycles. The van der Waals surface area contributed by atoms with Gasteiger partial charge < -0.3 is 9.72 Å². The summed E-state index contributed by atoms with van der Waals surface area (Å²) < 4.78 is 2.06. The molecule has 0 saturated carbocycles.